The van der Waals surface area contributed by atoms with Crippen molar-refractivity contribution < 1.29 is 9.21 Å². The Morgan fingerprint density at radius 3 is 2.61 bits per heavy atom. The number of hydrogen-bond donors (Lipinski definition) is 1. The summed E-state index contributed by atoms with van der Waals surface area (Å²) in [5.74, 6) is 0.470. The molecule has 102 valence electrons. The highest BCUT2D eigenvalue weighted by molar-refractivity contribution is 7.98. The summed E-state index contributed by atoms with van der Waals surface area (Å²) in [6.07, 6.45) is 3.96. The van der Waals surface area contributed by atoms with Crippen LogP contribution in [0.15, 0.2) is 21.6 Å². The second kappa shape index (κ2) is 7.07. The van der Waals surface area contributed by atoms with Gasteiger partial charge in [0.05, 0.1) is 0 Å². The Kier molecular flexibility index (Phi) is 6.05. The number of thioether (sulfide) groups is 1. The lowest BCUT2D eigenvalue weighted by Gasteiger charge is -2.31. The fourth-order valence-corrected chi connectivity index (χ4v) is 2.45. The van der Waals surface area contributed by atoms with Crippen molar-refractivity contribution in [1.29, 1.82) is 0 Å². The van der Waals surface area contributed by atoms with Gasteiger partial charge in [0.25, 0.3) is 5.91 Å². The van der Waals surface area contributed by atoms with Gasteiger partial charge >= 0.3 is 0 Å². The Morgan fingerprint density at radius 2 is 2.11 bits per heavy atom. The topological polar surface area (TPSA) is 45.5 Å². The third kappa shape index (κ3) is 3.43. The predicted octanol–water partition coefficient (Wildman–Crippen LogP) is 2.25. The Balaban J connectivity index is 0.00000162. The molecule has 2 rings (SSSR count). The van der Waals surface area contributed by atoms with Gasteiger partial charge in [0.1, 0.15) is 0 Å². The van der Waals surface area contributed by atoms with Gasteiger partial charge in [-0.05, 0) is 38.3 Å². The molecule has 1 aromatic heterocycles. The first-order valence-electron chi connectivity index (χ1n) is 5.85. The molecule has 0 saturated carbocycles. The molecule has 1 N–H and O–H groups in total. The zero-order valence-corrected chi connectivity index (χ0v) is 12.3. The average molecular weight is 291 g/mol. The minimum absolute atomic E-state index is 0. The number of hydrogen-bond acceptors (Lipinski definition) is 4. The highest BCUT2D eigenvalue weighted by Gasteiger charge is 2.24. The first kappa shape index (κ1) is 15.4. The molecule has 1 fully saturated rings. The lowest BCUT2D eigenvalue weighted by Crippen LogP contribution is -2.43. The van der Waals surface area contributed by atoms with E-state index in [2.05, 4.69) is 5.32 Å². The smallest absolute Gasteiger partial charge is 0.289 e. The van der Waals surface area contributed by atoms with Crippen molar-refractivity contribution in [3.8, 4) is 0 Å². The SMILES string of the molecule is CNC1CCN(C(=O)c2ccc(SC)o2)CC1.Cl. The standard InChI is InChI=1S/C12H18N2O2S.ClH/c1-13-9-5-7-14(8-6-9)12(15)10-3-4-11(16-10)17-2;/h3-4,9,13H,5-8H2,1-2H3;1H. The molecule has 1 saturated heterocycles. The highest BCUT2D eigenvalue weighted by atomic mass is 35.5. The maximum absolute atomic E-state index is 12.1. The van der Waals surface area contributed by atoms with Gasteiger partial charge in [0, 0.05) is 19.1 Å². The summed E-state index contributed by atoms with van der Waals surface area (Å²) in [4.78, 5) is 14.0. The number of nitrogens with one attached hydrogen (secondary N) is 1. The molecule has 1 aliphatic rings. The second-order valence-corrected chi connectivity index (χ2v) is 4.99. The Morgan fingerprint density at radius 1 is 1.44 bits per heavy atom. The minimum atomic E-state index is 0. The van der Waals surface area contributed by atoms with Gasteiger partial charge in [-0.25, -0.2) is 0 Å². The highest BCUT2D eigenvalue weighted by Crippen LogP contribution is 2.20. The van der Waals surface area contributed by atoms with Crippen molar-refractivity contribution in [3.05, 3.63) is 17.9 Å². The Labute approximate surface area is 118 Å². The molecule has 18 heavy (non-hydrogen) atoms. The van der Waals surface area contributed by atoms with Crippen LogP contribution in [-0.4, -0.2) is 43.2 Å². The fraction of sp³-hybridized carbons (Fsp3) is 0.583. The van der Waals surface area contributed by atoms with Crippen molar-refractivity contribution in [2.45, 2.75) is 24.0 Å². The molecule has 2 heterocycles. The van der Waals surface area contributed by atoms with E-state index in [0.29, 0.717) is 11.8 Å². The van der Waals surface area contributed by atoms with E-state index in [4.69, 9.17) is 4.42 Å². The molecule has 0 spiro atoms. The van der Waals surface area contributed by atoms with Crippen LogP contribution in [0.3, 0.4) is 0 Å². The van der Waals surface area contributed by atoms with Gasteiger partial charge in [0.2, 0.25) is 0 Å². The number of carbonyl (C=O) groups is 1. The fourth-order valence-electron chi connectivity index (χ4n) is 2.07. The number of rotatable bonds is 3. The van der Waals surface area contributed by atoms with E-state index >= 15 is 0 Å². The third-order valence-electron chi connectivity index (χ3n) is 3.18. The summed E-state index contributed by atoms with van der Waals surface area (Å²) in [6, 6.07) is 4.15. The van der Waals surface area contributed by atoms with Crippen molar-refractivity contribution in [2.24, 2.45) is 0 Å². The molecule has 0 aliphatic carbocycles. The number of carbonyl (C=O) groups excluding carboxylic acids is 1. The molecule has 6 heteroatoms. The number of piperidine rings is 1. The quantitative estimate of drug-likeness (QED) is 0.867. The summed E-state index contributed by atoms with van der Waals surface area (Å²) in [7, 11) is 1.97. The molecule has 0 unspecified atom stereocenters. The monoisotopic (exact) mass is 290 g/mol. The van der Waals surface area contributed by atoms with E-state index in [0.717, 1.165) is 31.0 Å². The molecule has 0 bridgehead atoms. The van der Waals surface area contributed by atoms with Crippen LogP contribution in [0.5, 0.6) is 0 Å². The molecular formula is C12H19ClN2O2S. The second-order valence-electron chi connectivity index (χ2n) is 4.18. The van der Waals surface area contributed by atoms with Crippen molar-refractivity contribution in [1.82, 2.24) is 10.2 Å². The van der Waals surface area contributed by atoms with Gasteiger partial charge in [-0.3, -0.25) is 4.79 Å². The molecular weight excluding hydrogens is 272 g/mol. The van der Waals surface area contributed by atoms with Gasteiger partial charge in [-0.15, -0.1) is 12.4 Å². The first-order valence-corrected chi connectivity index (χ1v) is 7.07. The molecule has 4 nitrogen and oxygen atoms in total. The summed E-state index contributed by atoms with van der Waals surface area (Å²) in [5.41, 5.74) is 0. The van der Waals surface area contributed by atoms with E-state index in [1.54, 1.807) is 6.07 Å². The zero-order valence-electron chi connectivity index (χ0n) is 10.6. The van der Waals surface area contributed by atoms with E-state index in [-0.39, 0.29) is 18.3 Å². The largest absolute Gasteiger partial charge is 0.445 e. The predicted molar refractivity (Wildman–Crippen MR) is 75.7 cm³/mol. The summed E-state index contributed by atoms with van der Waals surface area (Å²) in [6.45, 7) is 1.61. The first-order chi connectivity index (χ1) is 8.24. The van der Waals surface area contributed by atoms with Crippen LogP contribution in [0.25, 0.3) is 0 Å². The molecule has 1 amide bonds. The van der Waals surface area contributed by atoms with Gasteiger partial charge < -0.3 is 14.6 Å². The van der Waals surface area contributed by atoms with Crippen LogP contribution >= 0.6 is 24.2 Å². The lowest BCUT2D eigenvalue weighted by molar-refractivity contribution is 0.0670. The number of nitrogens with zero attached hydrogens (tertiary/aromatic N) is 1. The molecule has 0 radical (unpaired) electrons. The summed E-state index contributed by atoms with van der Waals surface area (Å²) < 4.78 is 5.46. The normalized spacial score (nSPS) is 16.4. The van der Waals surface area contributed by atoms with Gasteiger partial charge in [-0.1, -0.05) is 11.8 Å². The number of furan rings is 1. The van der Waals surface area contributed by atoms with E-state index in [9.17, 15) is 4.79 Å². The molecule has 0 atom stereocenters. The molecule has 1 aliphatic heterocycles. The number of halogens is 1. The Hall–Kier alpha value is -0.650. The van der Waals surface area contributed by atoms with E-state index < -0.39 is 0 Å². The maximum Gasteiger partial charge on any atom is 0.289 e. The van der Waals surface area contributed by atoms with E-state index in [1.165, 1.54) is 11.8 Å². The minimum Gasteiger partial charge on any atom is -0.445 e. The van der Waals surface area contributed by atoms with Crippen LogP contribution < -0.4 is 5.32 Å². The van der Waals surface area contributed by atoms with Crippen molar-refractivity contribution >= 4 is 30.1 Å². The van der Waals surface area contributed by atoms with Crippen LogP contribution in [-0.2, 0) is 0 Å². The van der Waals surface area contributed by atoms with E-state index in [1.807, 2.05) is 24.3 Å². The average Bonchev–Trinajstić information content (AvgIpc) is 2.87. The summed E-state index contributed by atoms with van der Waals surface area (Å²) >= 11 is 1.51. The Bertz CT molecular complexity index is 389. The van der Waals surface area contributed by atoms with Gasteiger partial charge in [-0.2, -0.15) is 0 Å². The third-order valence-corrected chi connectivity index (χ3v) is 3.81. The van der Waals surface area contributed by atoms with Crippen LogP contribution in [0.2, 0.25) is 0 Å². The molecule has 0 aromatic carbocycles. The van der Waals surface area contributed by atoms with Crippen molar-refractivity contribution in [3.63, 3.8) is 0 Å². The lowest BCUT2D eigenvalue weighted by atomic mass is 10.1. The van der Waals surface area contributed by atoms with Gasteiger partial charge in [0.15, 0.2) is 10.9 Å². The van der Waals surface area contributed by atoms with Crippen molar-refractivity contribution in [2.75, 3.05) is 26.4 Å². The van der Waals surface area contributed by atoms with Crippen LogP contribution in [0.4, 0.5) is 0 Å². The number of likely N-dealkylation sites (tertiary alicyclic amines) is 1. The zero-order chi connectivity index (χ0) is 12.3. The molecule has 1 aromatic rings. The number of amides is 1. The summed E-state index contributed by atoms with van der Waals surface area (Å²) in [5, 5.41) is 4.04. The maximum atomic E-state index is 12.1. The van der Waals surface area contributed by atoms with Crippen LogP contribution in [0.1, 0.15) is 23.4 Å². The van der Waals surface area contributed by atoms with Crippen LogP contribution in [0, 0.1) is 0 Å².